The Morgan fingerprint density at radius 2 is 2.05 bits per heavy atom. The van der Waals surface area contributed by atoms with Gasteiger partial charge in [-0.25, -0.2) is 13.1 Å². The highest BCUT2D eigenvalue weighted by Gasteiger charge is 2.35. The van der Waals surface area contributed by atoms with Crippen molar-refractivity contribution in [2.75, 3.05) is 18.1 Å². The molecule has 5 nitrogen and oxygen atoms in total. The van der Waals surface area contributed by atoms with Gasteiger partial charge in [0.05, 0.1) is 16.3 Å². The number of rotatable bonds is 5. The average Bonchev–Trinajstić information content (AvgIpc) is 2.35. The Kier molecular flexibility index (Phi) is 3.73. The maximum Gasteiger partial charge on any atom is 0.240 e. The Balaban J connectivity index is 2.25. The lowest BCUT2D eigenvalue weighted by molar-refractivity contribution is 0.269. The summed E-state index contributed by atoms with van der Waals surface area (Å²) in [7, 11) is -2.05. The number of nitrogens with one attached hydrogen (secondary N) is 2. The zero-order valence-corrected chi connectivity index (χ0v) is 12.2. The van der Waals surface area contributed by atoms with E-state index < -0.39 is 10.0 Å². The lowest BCUT2D eigenvalue weighted by Crippen LogP contribution is -2.44. The van der Waals surface area contributed by atoms with Crippen LogP contribution in [0.3, 0.4) is 0 Å². The first-order chi connectivity index (χ1) is 8.92. The number of nitrogen functional groups attached to an aromatic ring is 1. The fourth-order valence-corrected chi connectivity index (χ4v) is 3.16. The summed E-state index contributed by atoms with van der Waals surface area (Å²) >= 11 is 0. The van der Waals surface area contributed by atoms with Crippen molar-refractivity contribution >= 4 is 21.4 Å². The normalized spacial score (nSPS) is 17.8. The van der Waals surface area contributed by atoms with E-state index in [0.29, 0.717) is 5.69 Å². The zero-order valence-electron chi connectivity index (χ0n) is 11.4. The van der Waals surface area contributed by atoms with E-state index in [1.54, 1.807) is 12.1 Å². The number of sulfonamides is 1. The van der Waals surface area contributed by atoms with Crippen LogP contribution in [0.1, 0.15) is 32.6 Å². The highest BCUT2D eigenvalue weighted by atomic mass is 32.2. The van der Waals surface area contributed by atoms with Gasteiger partial charge < -0.3 is 11.1 Å². The molecule has 106 valence electrons. The molecule has 1 saturated carbocycles. The summed E-state index contributed by atoms with van der Waals surface area (Å²) in [4.78, 5) is 0.192. The molecule has 0 heterocycles. The highest BCUT2D eigenvalue weighted by molar-refractivity contribution is 7.89. The predicted molar refractivity (Wildman–Crippen MR) is 77.6 cm³/mol. The minimum atomic E-state index is -3.44. The van der Waals surface area contributed by atoms with Gasteiger partial charge in [0, 0.05) is 5.54 Å². The molecule has 0 aliphatic heterocycles. The van der Waals surface area contributed by atoms with E-state index in [0.717, 1.165) is 24.9 Å². The number of hydrogen-bond acceptors (Lipinski definition) is 4. The SMILES string of the molecule is CCC1(Nc2ccc(S(=O)(=O)NC)cc2N)CCC1. The molecule has 1 aromatic carbocycles. The van der Waals surface area contributed by atoms with Crippen molar-refractivity contribution in [3.8, 4) is 0 Å². The Morgan fingerprint density at radius 3 is 2.47 bits per heavy atom. The van der Waals surface area contributed by atoms with Crippen LogP contribution in [0.25, 0.3) is 0 Å². The fourth-order valence-electron chi connectivity index (χ4n) is 2.40. The summed E-state index contributed by atoms with van der Waals surface area (Å²) in [6, 6.07) is 4.82. The maximum atomic E-state index is 11.7. The molecule has 4 N–H and O–H groups in total. The zero-order chi connectivity index (χ0) is 14.1. The fraction of sp³-hybridized carbons (Fsp3) is 0.538. The quantitative estimate of drug-likeness (QED) is 0.721. The molecule has 1 aliphatic rings. The number of benzene rings is 1. The van der Waals surface area contributed by atoms with Crippen molar-refractivity contribution < 1.29 is 8.42 Å². The van der Waals surface area contributed by atoms with Crippen molar-refractivity contribution in [3.63, 3.8) is 0 Å². The predicted octanol–water partition coefficient (Wildman–Crippen LogP) is 1.92. The average molecular weight is 283 g/mol. The molecular weight excluding hydrogens is 262 g/mol. The first-order valence-electron chi connectivity index (χ1n) is 6.54. The van der Waals surface area contributed by atoms with Crippen LogP contribution in [0.2, 0.25) is 0 Å². The van der Waals surface area contributed by atoms with Crippen molar-refractivity contribution in [1.29, 1.82) is 0 Å². The molecule has 0 unspecified atom stereocenters. The molecule has 0 bridgehead atoms. The summed E-state index contributed by atoms with van der Waals surface area (Å²) < 4.78 is 25.7. The minimum Gasteiger partial charge on any atom is -0.397 e. The van der Waals surface area contributed by atoms with Gasteiger partial charge in [-0.3, -0.25) is 0 Å². The molecule has 0 atom stereocenters. The molecule has 6 heteroatoms. The third-order valence-electron chi connectivity index (χ3n) is 3.99. The summed E-state index contributed by atoms with van der Waals surface area (Å²) in [5.74, 6) is 0. The van der Waals surface area contributed by atoms with Gasteiger partial charge in [0.25, 0.3) is 0 Å². The van der Waals surface area contributed by atoms with Crippen LogP contribution >= 0.6 is 0 Å². The highest BCUT2D eigenvalue weighted by Crippen LogP contribution is 2.39. The van der Waals surface area contributed by atoms with E-state index in [4.69, 9.17) is 5.73 Å². The van der Waals surface area contributed by atoms with Crippen molar-refractivity contribution in [3.05, 3.63) is 18.2 Å². The van der Waals surface area contributed by atoms with Crippen LogP contribution in [-0.2, 0) is 10.0 Å². The van der Waals surface area contributed by atoms with E-state index >= 15 is 0 Å². The number of hydrogen-bond donors (Lipinski definition) is 3. The smallest absolute Gasteiger partial charge is 0.240 e. The van der Waals surface area contributed by atoms with E-state index in [1.807, 2.05) is 0 Å². The second-order valence-electron chi connectivity index (χ2n) is 5.07. The standard InChI is InChI=1S/C13H21N3O2S/c1-3-13(7-4-8-13)16-12-6-5-10(9-11(12)14)19(17,18)15-2/h5-6,9,15-16H,3-4,7-8,14H2,1-2H3. The van der Waals surface area contributed by atoms with Crippen LogP contribution in [0.5, 0.6) is 0 Å². The summed E-state index contributed by atoms with van der Waals surface area (Å²) in [6.45, 7) is 2.15. The molecule has 2 rings (SSSR count). The molecule has 19 heavy (non-hydrogen) atoms. The van der Waals surface area contributed by atoms with Gasteiger partial charge in [-0.1, -0.05) is 6.92 Å². The third-order valence-corrected chi connectivity index (χ3v) is 5.40. The van der Waals surface area contributed by atoms with Crippen LogP contribution in [0, 0.1) is 0 Å². The first kappa shape index (κ1) is 14.1. The molecule has 0 radical (unpaired) electrons. The van der Waals surface area contributed by atoms with Gasteiger partial charge in [0.15, 0.2) is 0 Å². The summed E-state index contributed by atoms with van der Waals surface area (Å²) in [6.07, 6.45) is 4.55. The maximum absolute atomic E-state index is 11.7. The van der Waals surface area contributed by atoms with E-state index in [9.17, 15) is 8.42 Å². The van der Waals surface area contributed by atoms with Crippen molar-refractivity contribution in [2.24, 2.45) is 0 Å². The van der Waals surface area contributed by atoms with Gasteiger partial charge in [0.1, 0.15) is 0 Å². The molecule has 0 aromatic heterocycles. The monoisotopic (exact) mass is 283 g/mol. The van der Waals surface area contributed by atoms with Crippen LogP contribution < -0.4 is 15.8 Å². The van der Waals surface area contributed by atoms with Crippen molar-refractivity contribution in [1.82, 2.24) is 4.72 Å². The topological polar surface area (TPSA) is 84.2 Å². The van der Waals surface area contributed by atoms with Crippen LogP contribution in [0.15, 0.2) is 23.1 Å². The molecular formula is C13H21N3O2S. The molecule has 0 saturated heterocycles. The van der Waals surface area contributed by atoms with Gasteiger partial charge in [0.2, 0.25) is 10.0 Å². The Morgan fingerprint density at radius 1 is 1.37 bits per heavy atom. The lowest BCUT2D eigenvalue weighted by Gasteiger charge is -2.43. The Hall–Kier alpha value is -1.27. The van der Waals surface area contributed by atoms with Crippen LogP contribution in [0.4, 0.5) is 11.4 Å². The Bertz CT molecular complexity index is 560. The van der Waals surface area contributed by atoms with Crippen molar-refractivity contribution in [2.45, 2.75) is 43.0 Å². The summed E-state index contributed by atoms with van der Waals surface area (Å²) in [5.41, 5.74) is 7.38. The van der Waals surface area contributed by atoms with E-state index in [-0.39, 0.29) is 10.4 Å². The van der Waals surface area contributed by atoms with Gasteiger partial charge in [-0.15, -0.1) is 0 Å². The summed E-state index contributed by atoms with van der Waals surface area (Å²) in [5, 5.41) is 3.47. The molecule has 1 aliphatic carbocycles. The van der Waals surface area contributed by atoms with E-state index in [2.05, 4.69) is 17.0 Å². The number of anilines is 2. The Labute approximate surface area is 114 Å². The first-order valence-corrected chi connectivity index (χ1v) is 8.02. The van der Waals surface area contributed by atoms with E-state index in [1.165, 1.54) is 19.5 Å². The van der Waals surface area contributed by atoms with Crippen LogP contribution in [-0.4, -0.2) is 21.0 Å². The lowest BCUT2D eigenvalue weighted by atomic mass is 9.74. The van der Waals surface area contributed by atoms with Gasteiger partial charge in [-0.05, 0) is 50.9 Å². The molecule has 1 fully saturated rings. The van der Waals surface area contributed by atoms with Gasteiger partial charge in [-0.2, -0.15) is 0 Å². The molecule has 1 aromatic rings. The molecule has 0 spiro atoms. The largest absolute Gasteiger partial charge is 0.397 e. The molecule has 0 amide bonds. The van der Waals surface area contributed by atoms with Gasteiger partial charge >= 0.3 is 0 Å². The minimum absolute atomic E-state index is 0.136. The number of nitrogens with two attached hydrogens (primary N) is 1. The second kappa shape index (κ2) is 5.02. The third kappa shape index (κ3) is 2.69. The second-order valence-corrected chi connectivity index (χ2v) is 6.96.